The minimum absolute atomic E-state index is 0.0276. The maximum Gasteiger partial charge on any atom is 0.356 e. The van der Waals surface area contributed by atoms with Gasteiger partial charge in [-0.25, -0.2) is 9.37 Å². The quantitative estimate of drug-likeness (QED) is 0.812. The van der Waals surface area contributed by atoms with E-state index < -0.39 is 15.9 Å². The minimum atomic E-state index is -4.14. The van der Waals surface area contributed by atoms with Crippen molar-refractivity contribution in [2.45, 2.75) is 31.2 Å². The van der Waals surface area contributed by atoms with Crippen LogP contribution in [0.4, 0.5) is 4.39 Å². The van der Waals surface area contributed by atoms with Crippen molar-refractivity contribution in [1.29, 1.82) is 0 Å². The highest BCUT2D eigenvalue weighted by atomic mass is 32.2. The van der Waals surface area contributed by atoms with Crippen LogP contribution in [0.15, 0.2) is 29.3 Å². The molecule has 6 nitrogen and oxygen atoms in total. The Morgan fingerprint density at radius 3 is 2.65 bits per heavy atom. The molecule has 0 aliphatic heterocycles. The van der Waals surface area contributed by atoms with E-state index in [0.717, 1.165) is 6.07 Å². The summed E-state index contributed by atoms with van der Waals surface area (Å²) < 4.78 is 45.1. The molecule has 0 amide bonds. The zero-order chi connectivity index (χ0) is 17.2. The molecule has 0 fully saturated rings. The standard InChI is InChI=1S/C15H20FN3O3S/c1-10(2)14-15(19(3)13(18-14)7-8-17)23(20,21)22-12-6-4-5-11(16)9-12/h4-6,9-10H,7-8,17H2,1-3H3. The smallest absolute Gasteiger partial charge is 0.356 e. The zero-order valence-corrected chi connectivity index (χ0v) is 14.1. The van der Waals surface area contributed by atoms with Crippen molar-refractivity contribution in [3.05, 3.63) is 41.6 Å². The predicted molar refractivity (Wildman–Crippen MR) is 84.3 cm³/mol. The van der Waals surface area contributed by atoms with E-state index in [0.29, 0.717) is 24.5 Å². The van der Waals surface area contributed by atoms with Gasteiger partial charge in [-0.05, 0) is 24.6 Å². The summed E-state index contributed by atoms with van der Waals surface area (Å²) in [5.41, 5.74) is 5.95. The van der Waals surface area contributed by atoms with E-state index >= 15 is 0 Å². The van der Waals surface area contributed by atoms with Gasteiger partial charge in [-0.3, -0.25) is 0 Å². The summed E-state index contributed by atoms with van der Waals surface area (Å²) in [4.78, 5) is 4.37. The summed E-state index contributed by atoms with van der Waals surface area (Å²) in [6, 6.07) is 4.99. The zero-order valence-electron chi connectivity index (χ0n) is 13.3. The number of rotatable bonds is 6. The highest BCUT2D eigenvalue weighted by molar-refractivity contribution is 7.87. The third kappa shape index (κ3) is 3.70. The lowest BCUT2D eigenvalue weighted by atomic mass is 10.1. The summed E-state index contributed by atoms with van der Waals surface area (Å²) in [7, 11) is -2.54. The van der Waals surface area contributed by atoms with E-state index in [4.69, 9.17) is 9.92 Å². The summed E-state index contributed by atoms with van der Waals surface area (Å²) in [6.07, 6.45) is 0.450. The second-order valence-electron chi connectivity index (χ2n) is 5.47. The lowest BCUT2D eigenvalue weighted by Crippen LogP contribution is -2.17. The molecule has 126 valence electrons. The Morgan fingerprint density at radius 2 is 2.09 bits per heavy atom. The van der Waals surface area contributed by atoms with E-state index in [1.807, 2.05) is 13.8 Å². The second-order valence-corrected chi connectivity index (χ2v) is 6.93. The van der Waals surface area contributed by atoms with Crippen LogP contribution in [0, 0.1) is 5.82 Å². The summed E-state index contributed by atoms with van der Waals surface area (Å²) in [5.74, 6) is -0.205. The van der Waals surface area contributed by atoms with Crippen LogP contribution in [-0.2, 0) is 23.6 Å². The number of benzene rings is 1. The van der Waals surface area contributed by atoms with Crippen LogP contribution in [0.5, 0.6) is 5.75 Å². The van der Waals surface area contributed by atoms with Gasteiger partial charge in [0.1, 0.15) is 17.4 Å². The van der Waals surface area contributed by atoms with E-state index in [1.165, 1.54) is 22.8 Å². The van der Waals surface area contributed by atoms with Crippen LogP contribution >= 0.6 is 0 Å². The first-order valence-electron chi connectivity index (χ1n) is 7.22. The third-order valence-corrected chi connectivity index (χ3v) is 4.68. The summed E-state index contributed by atoms with van der Waals surface area (Å²) in [5, 5.41) is -0.0276. The summed E-state index contributed by atoms with van der Waals surface area (Å²) >= 11 is 0. The van der Waals surface area contributed by atoms with Gasteiger partial charge in [0, 0.05) is 19.5 Å². The molecule has 23 heavy (non-hydrogen) atoms. The van der Waals surface area contributed by atoms with Gasteiger partial charge in [0.15, 0.2) is 5.03 Å². The molecule has 0 aliphatic carbocycles. The number of imidazole rings is 1. The monoisotopic (exact) mass is 341 g/mol. The Bertz CT molecular complexity index is 800. The number of nitrogens with two attached hydrogens (primary N) is 1. The highest BCUT2D eigenvalue weighted by Gasteiger charge is 2.29. The molecule has 0 atom stereocenters. The van der Waals surface area contributed by atoms with Crippen molar-refractivity contribution in [2.75, 3.05) is 6.54 Å². The van der Waals surface area contributed by atoms with Crippen molar-refractivity contribution in [3.8, 4) is 5.75 Å². The number of halogens is 1. The lowest BCUT2D eigenvalue weighted by molar-refractivity contribution is 0.471. The van der Waals surface area contributed by atoms with Crippen LogP contribution in [-0.4, -0.2) is 24.5 Å². The van der Waals surface area contributed by atoms with Gasteiger partial charge in [0.05, 0.1) is 5.69 Å². The SMILES string of the molecule is CC(C)c1nc(CCN)n(C)c1S(=O)(=O)Oc1cccc(F)c1. The van der Waals surface area contributed by atoms with Crippen molar-refractivity contribution in [1.82, 2.24) is 9.55 Å². The maximum absolute atomic E-state index is 13.2. The van der Waals surface area contributed by atoms with Gasteiger partial charge < -0.3 is 14.5 Å². The first kappa shape index (κ1) is 17.4. The largest absolute Gasteiger partial charge is 0.378 e. The number of hydrogen-bond donors (Lipinski definition) is 1. The van der Waals surface area contributed by atoms with Crippen molar-refractivity contribution in [2.24, 2.45) is 12.8 Å². The molecule has 0 spiro atoms. The normalized spacial score (nSPS) is 11.9. The van der Waals surface area contributed by atoms with Crippen molar-refractivity contribution < 1.29 is 17.0 Å². The molecule has 2 N–H and O–H groups in total. The molecule has 0 aliphatic rings. The molecule has 1 aromatic carbocycles. The Labute approximate surface area is 135 Å². The third-order valence-electron chi connectivity index (χ3n) is 3.31. The van der Waals surface area contributed by atoms with Crippen LogP contribution < -0.4 is 9.92 Å². The Morgan fingerprint density at radius 1 is 1.39 bits per heavy atom. The Kier molecular flexibility index (Phi) is 5.06. The molecule has 2 aromatic rings. The average molecular weight is 341 g/mol. The number of nitrogens with zero attached hydrogens (tertiary/aromatic N) is 2. The summed E-state index contributed by atoms with van der Waals surface area (Å²) in [6.45, 7) is 4.04. The Hall–Kier alpha value is -1.93. The van der Waals surface area contributed by atoms with E-state index in [-0.39, 0.29) is 16.7 Å². The van der Waals surface area contributed by atoms with E-state index in [2.05, 4.69) is 4.98 Å². The molecule has 0 radical (unpaired) electrons. The van der Waals surface area contributed by atoms with Crippen molar-refractivity contribution >= 4 is 10.1 Å². The molecular formula is C15H20FN3O3S. The van der Waals surface area contributed by atoms with Crippen LogP contribution in [0.1, 0.15) is 31.3 Å². The second kappa shape index (κ2) is 6.67. The molecular weight excluding hydrogens is 321 g/mol. The van der Waals surface area contributed by atoms with E-state index in [1.54, 1.807) is 7.05 Å². The molecule has 0 saturated heterocycles. The maximum atomic E-state index is 13.2. The van der Waals surface area contributed by atoms with Crippen LogP contribution in [0.25, 0.3) is 0 Å². The van der Waals surface area contributed by atoms with Gasteiger partial charge in [0.25, 0.3) is 0 Å². The van der Waals surface area contributed by atoms with Crippen LogP contribution in [0.3, 0.4) is 0 Å². The van der Waals surface area contributed by atoms with Gasteiger partial charge in [-0.2, -0.15) is 8.42 Å². The molecule has 1 aromatic heterocycles. The lowest BCUT2D eigenvalue weighted by Gasteiger charge is -2.11. The van der Waals surface area contributed by atoms with Crippen LogP contribution in [0.2, 0.25) is 0 Å². The fourth-order valence-corrected chi connectivity index (χ4v) is 3.67. The number of aromatic nitrogens is 2. The Balaban J connectivity index is 2.50. The first-order valence-corrected chi connectivity index (χ1v) is 8.62. The molecule has 0 bridgehead atoms. The topological polar surface area (TPSA) is 87.2 Å². The van der Waals surface area contributed by atoms with Gasteiger partial charge in [-0.1, -0.05) is 19.9 Å². The van der Waals surface area contributed by atoms with Gasteiger partial charge in [-0.15, -0.1) is 0 Å². The molecule has 0 unspecified atom stereocenters. The first-order chi connectivity index (χ1) is 10.8. The highest BCUT2D eigenvalue weighted by Crippen LogP contribution is 2.27. The van der Waals surface area contributed by atoms with E-state index in [9.17, 15) is 12.8 Å². The molecule has 8 heteroatoms. The van der Waals surface area contributed by atoms with Gasteiger partial charge in [0.2, 0.25) is 0 Å². The molecule has 1 heterocycles. The average Bonchev–Trinajstić information content (AvgIpc) is 2.77. The number of hydrogen-bond acceptors (Lipinski definition) is 5. The van der Waals surface area contributed by atoms with Crippen molar-refractivity contribution in [3.63, 3.8) is 0 Å². The molecule has 2 rings (SSSR count). The minimum Gasteiger partial charge on any atom is -0.378 e. The predicted octanol–water partition coefficient (Wildman–Crippen LogP) is 1.95. The molecule has 0 saturated carbocycles. The van der Waals surface area contributed by atoms with Gasteiger partial charge >= 0.3 is 10.1 Å². The fraction of sp³-hybridized carbons (Fsp3) is 0.400. The fourth-order valence-electron chi connectivity index (χ4n) is 2.26.